The van der Waals surface area contributed by atoms with E-state index in [2.05, 4.69) is 15.2 Å². The summed E-state index contributed by atoms with van der Waals surface area (Å²) in [6.45, 7) is 1.97. The minimum atomic E-state index is -1.21. The van der Waals surface area contributed by atoms with Crippen LogP contribution in [-0.4, -0.2) is 44.2 Å². The van der Waals surface area contributed by atoms with Crippen LogP contribution < -0.4 is 5.32 Å². The Morgan fingerprint density at radius 1 is 1.23 bits per heavy atom. The summed E-state index contributed by atoms with van der Waals surface area (Å²) in [6, 6.07) is 15.6. The first-order valence-electron chi connectivity index (χ1n) is 11.4. The highest BCUT2D eigenvalue weighted by molar-refractivity contribution is 7.99. The maximum absolute atomic E-state index is 14.3. The molecule has 2 aromatic carbocycles. The molecule has 1 N–H and O–H groups in total. The van der Waals surface area contributed by atoms with Gasteiger partial charge in [-0.25, -0.2) is 0 Å². The van der Waals surface area contributed by atoms with Crippen LogP contribution in [0.2, 0.25) is 0 Å². The van der Waals surface area contributed by atoms with Gasteiger partial charge in [-0.2, -0.15) is 0 Å². The number of aryl methyl sites for hydroxylation is 1. The van der Waals surface area contributed by atoms with E-state index in [9.17, 15) is 19.7 Å². The molecule has 9 heteroatoms. The fraction of sp³-hybridized carbons (Fsp3) is 0.269. The maximum Gasteiger partial charge on any atom is 0.269 e. The number of fused-ring (bicyclic) bond motifs is 4. The van der Waals surface area contributed by atoms with Crippen molar-refractivity contribution in [1.82, 2.24) is 9.88 Å². The van der Waals surface area contributed by atoms with Gasteiger partial charge < -0.3 is 5.32 Å². The quantitative estimate of drug-likeness (QED) is 0.336. The topological polar surface area (TPSA) is 105 Å². The third-order valence-electron chi connectivity index (χ3n) is 7.47. The maximum atomic E-state index is 14.3. The standard InChI is InChI=1S/C26H22N4O4S/c1-15-7-8-20-19(10-15)26(25(32)28-20)23(24(31)17-5-3-9-27-12-17)22(21-13-35-14-29(21)26)16-4-2-6-18(11-16)30(33)34/h2-12,21-23H,13-14H2,1H3,(H,28,32)/t21-,22-,23-,26+/m0/s1. The Labute approximate surface area is 205 Å². The second kappa shape index (κ2) is 8.00. The molecule has 176 valence electrons. The Morgan fingerprint density at radius 3 is 2.86 bits per heavy atom. The molecule has 0 bridgehead atoms. The molecule has 3 aliphatic rings. The second-order valence-corrected chi connectivity index (χ2v) is 10.3. The van der Waals surface area contributed by atoms with Crippen LogP contribution in [0.1, 0.15) is 33.0 Å². The molecule has 4 atom stereocenters. The van der Waals surface area contributed by atoms with Gasteiger partial charge in [0.15, 0.2) is 5.78 Å². The van der Waals surface area contributed by atoms with E-state index in [1.54, 1.807) is 42.2 Å². The second-order valence-electron chi connectivity index (χ2n) is 9.27. The number of hydrogen-bond donors (Lipinski definition) is 1. The number of anilines is 1. The normalized spacial score (nSPS) is 27.0. The van der Waals surface area contributed by atoms with Gasteiger partial charge in [0.2, 0.25) is 5.91 Å². The van der Waals surface area contributed by atoms with Crippen molar-refractivity contribution < 1.29 is 14.5 Å². The molecule has 1 amide bonds. The summed E-state index contributed by atoms with van der Waals surface area (Å²) < 4.78 is 0. The van der Waals surface area contributed by atoms with E-state index in [4.69, 9.17) is 0 Å². The van der Waals surface area contributed by atoms with E-state index in [-0.39, 0.29) is 23.4 Å². The van der Waals surface area contributed by atoms with Crippen molar-refractivity contribution in [3.8, 4) is 0 Å². The molecule has 3 aliphatic heterocycles. The first-order chi connectivity index (χ1) is 16.9. The highest BCUT2D eigenvalue weighted by Crippen LogP contribution is 2.61. The minimum absolute atomic E-state index is 0.0275. The van der Waals surface area contributed by atoms with Crippen LogP contribution in [0, 0.1) is 23.0 Å². The zero-order valence-corrected chi connectivity index (χ0v) is 19.7. The molecule has 1 spiro atoms. The van der Waals surface area contributed by atoms with E-state index in [0.717, 1.165) is 16.9 Å². The van der Waals surface area contributed by atoms with Crippen molar-refractivity contribution in [3.63, 3.8) is 0 Å². The molecule has 0 radical (unpaired) electrons. The molecule has 35 heavy (non-hydrogen) atoms. The fourth-order valence-electron chi connectivity index (χ4n) is 6.10. The van der Waals surface area contributed by atoms with Crippen LogP contribution in [0.15, 0.2) is 67.0 Å². The number of nitrogens with one attached hydrogen (secondary N) is 1. The van der Waals surface area contributed by atoms with Gasteiger partial charge in [0, 0.05) is 64.9 Å². The monoisotopic (exact) mass is 486 g/mol. The van der Waals surface area contributed by atoms with Crippen molar-refractivity contribution in [2.45, 2.75) is 24.4 Å². The number of non-ortho nitro benzene ring substituents is 1. The molecule has 1 aromatic heterocycles. The van der Waals surface area contributed by atoms with Crippen molar-refractivity contribution in [3.05, 3.63) is 99.4 Å². The number of amides is 1. The number of aromatic nitrogens is 1. The molecule has 0 aliphatic carbocycles. The zero-order chi connectivity index (χ0) is 24.3. The van der Waals surface area contributed by atoms with Crippen LogP contribution in [-0.2, 0) is 10.3 Å². The summed E-state index contributed by atoms with van der Waals surface area (Å²) in [7, 11) is 0. The van der Waals surface area contributed by atoms with Crippen LogP contribution in [0.25, 0.3) is 0 Å². The van der Waals surface area contributed by atoms with Gasteiger partial charge in [0.25, 0.3) is 5.69 Å². The fourth-order valence-corrected chi connectivity index (χ4v) is 7.42. The summed E-state index contributed by atoms with van der Waals surface area (Å²) in [6.07, 6.45) is 3.14. The van der Waals surface area contributed by atoms with E-state index < -0.39 is 22.3 Å². The highest BCUT2D eigenvalue weighted by atomic mass is 32.2. The molecule has 3 aromatic rings. The van der Waals surface area contributed by atoms with E-state index in [1.165, 1.54) is 12.3 Å². The average Bonchev–Trinajstić information content (AvgIpc) is 3.52. The number of carbonyl (C=O) groups excluding carboxylic acids is 2. The third kappa shape index (κ3) is 3.08. The summed E-state index contributed by atoms with van der Waals surface area (Å²) in [5, 5.41) is 14.6. The number of Topliss-reactive ketones (excluding diaryl/α,β-unsaturated/α-hetero) is 1. The van der Waals surface area contributed by atoms with Crippen LogP contribution in [0.5, 0.6) is 0 Å². The molecule has 4 heterocycles. The van der Waals surface area contributed by atoms with Crippen molar-refractivity contribution in [1.29, 1.82) is 0 Å². The zero-order valence-electron chi connectivity index (χ0n) is 18.9. The first kappa shape index (κ1) is 21.9. The lowest BCUT2D eigenvalue weighted by molar-refractivity contribution is -0.384. The number of carbonyl (C=O) groups is 2. The van der Waals surface area contributed by atoms with Gasteiger partial charge in [-0.1, -0.05) is 29.8 Å². The molecule has 0 unspecified atom stereocenters. The SMILES string of the molecule is Cc1ccc2c(c1)[C@]1(C(=O)N2)[C@H](C(=O)c2cccnc2)[C@@H](c2cccc([N+](=O)[O-])c2)[C@@H]2CSCN21. The van der Waals surface area contributed by atoms with E-state index in [0.29, 0.717) is 22.7 Å². The number of hydrogen-bond acceptors (Lipinski definition) is 7. The number of thioether (sulfide) groups is 1. The Kier molecular flexibility index (Phi) is 5.01. The number of pyridine rings is 1. The molecular weight excluding hydrogens is 464 g/mol. The van der Waals surface area contributed by atoms with Gasteiger partial charge in [-0.3, -0.25) is 29.6 Å². The summed E-state index contributed by atoms with van der Waals surface area (Å²) >= 11 is 1.71. The summed E-state index contributed by atoms with van der Waals surface area (Å²) in [4.78, 5) is 45.7. The lowest BCUT2D eigenvalue weighted by Crippen LogP contribution is -2.52. The Balaban J connectivity index is 1.63. The Morgan fingerprint density at radius 2 is 2.09 bits per heavy atom. The molecule has 0 saturated carbocycles. The predicted octanol–water partition coefficient (Wildman–Crippen LogP) is 4.12. The Hall–Kier alpha value is -3.56. The lowest BCUT2D eigenvalue weighted by atomic mass is 9.69. The van der Waals surface area contributed by atoms with E-state index in [1.807, 2.05) is 31.2 Å². The lowest BCUT2D eigenvalue weighted by Gasteiger charge is -2.36. The van der Waals surface area contributed by atoms with Gasteiger partial charge in [-0.15, -0.1) is 11.8 Å². The molecule has 6 rings (SSSR count). The molecular formula is C26H22N4O4S. The summed E-state index contributed by atoms with van der Waals surface area (Å²) in [5.74, 6) is -0.273. The van der Waals surface area contributed by atoms with Gasteiger partial charge in [0.1, 0.15) is 5.54 Å². The number of benzene rings is 2. The van der Waals surface area contributed by atoms with Crippen LogP contribution in [0.4, 0.5) is 11.4 Å². The van der Waals surface area contributed by atoms with Crippen LogP contribution in [0.3, 0.4) is 0 Å². The first-order valence-corrected chi connectivity index (χ1v) is 12.5. The minimum Gasteiger partial charge on any atom is -0.324 e. The number of nitro groups is 1. The number of nitro benzene ring substituents is 1. The number of ketones is 1. The van der Waals surface area contributed by atoms with Crippen molar-refractivity contribution in [2.75, 3.05) is 16.9 Å². The van der Waals surface area contributed by atoms with E-state index >= 15 is 0 Å². The Bertz CT molecular complexity index is 1380. The van der Waals surface area contributed by atoms with Gasteiger partial charge >= 0.3 is 0 Å². The van der Waals surface area contributed by atoms with Crippen molar-refractivity contribution >= 4 is 34.8 Å². The van der Waals surface area contributed by atoms with Crippen molar-refractivity contribution in [2.24, 2.45) is 5.92 Å². The largest absolute Gasteiger partial charge is 0.324 e. The third-order valence-corrected chi connectivity index (χ3v) is 8.51. The highest BCUT2D eigenvalue weighted by Gasteiger charge is 2.69. The average molecular weight is 487 g/mol. The molecule has 2 fully saturated rings. The molecule has 2 saturated heterocycles. The smallest absolute Gasteiger partial charge is 0.269 e. The summed E-state index contributed by atoms with van der Waals surface area (Å²) in [5.41, 5.74) is 2.39. The number of nitrogens with zero attached hydrogens (tertiary/aromatic N) is 3. The van der Waals surface area contributed by atoms with Gasteiger partial charge in [-0.05, 0) is 30.7 Å². The molecule has 8 nitrogen and oxygen atoms in total. The van der Waals surface area contributed by atoms with Gasteiger partial charge in [0.05, 0.1) is 10.8 Å². The van der Waals surface area contributed by atoms with Crippen LogP contribution >= 0.6 is 11.8 Å². The number of rotatable bonds is 4. The predicted molar refractivity (Wildman–Crippen MR) is 132 cm³/mol.